The van der Waals surface area contributed by atoms with Crippen molar-refractivity contribution in [3.8, 4) is 5.75 Å². The zero-order valence-corrected chi connectivity index (χ0v) is 12.2. The second kappa shape index (κ2) is 7.65. The molecular formula is C15H22N4O. The van der Waals surface area contributed by atoms with E-state index < -0.39 is 0 Å². The van der Waals surface area contributed by atoms with Crippen LogP contribution in [0.5, 0.6) is 5.75 Å². The maximum atomic E-state index is 5.82. The molecule has 1 aromatic carbocycles. The van der Waals surface area contributed by atoms with Gasteiger partial charge in [-0.05, 0) is 24.6 Å². The Morgan fingerprint density at radius 2 is 2.10 bits per heavy atom. The van der Waals surface area contributed by atoms with Gasteiger partial charge in [0.1, 0.15) is 12.4 Å². The molecule has 5 heteroatoms. The van der Waals surface area contributed by atoms with Gasteiger partial charge in [-0.15, -0.1) is 5.10 Å². The minimum Gasteiger partial charge on any atom is -0.491 e. The monoisotopic (exact) mass is 274 g/mol. The van der Waals surface area contributed by atoms with Gasteiger partial charge in [0.05, 0.1) is 12.2 Å². The van der Waals surface area contributed by atoms with Crippen molar-refractivity contribution in [2.24, 2.45) is 0 Å². The molecule has 2 rings (SSSR count). The molecule has 0 aliphatic rings. The van der Waals surface area contributed by atoms with E-state index in [-0.39, 0.29) is 0 Å². The molecule has 0 aliphatic heterocycles. The first-order valence-electron chi connectivity index (χ1n) is 7.14. The number of nitrogens with one attached hydrogen (secondary N) is 1. The van der Waals surface area contributed by atoms with E-state index in [2.05, 4.69) is 35.5 Å². The Labute approximate surface area is 120 Å². The molecule has 1 aromatic heterocycles. The van der Waals surface area contributed by atoms with E-state index in [0.29, 0.717) is 13.2 Å². The summed E-state index contributed by atoms with van der Waals surface area (Å²) in [6.45, 7) is 7.20. The summed E-state index contributed by atoms with van der Waals surface area (Å²) in [5.41, 5.74) is 2.19. The van der Waals surface area contributed by atoms with Crippen LogP contribution in [0, 0.1) is 0 Å². The molecule has 5 nitrogen and oxygen atoms in total. The summed E-state index contributed by atoms with van der Waals surface area (Å²) >= 11 is 0. The van der Waals surface area contributed by atoms with Crippen LogP contribution in [-0.4, -0.2) is 28.1 Å². The second-order valence-electron chi connectivity index (χ2n) is 4.56. The lowest BCUT2D eigenvalue weighted by Crippen LogP contribution is -2.12. The molecular weight excluding hydrogens is 252 g/mol. The van der Waals surface area contributed by atoms with Crippen molar-refractivity contribution in [1.29, 1.82) is 0 Å². The molecule has 0 saturated heterocycles. The van der Waals surface area contributed by atoms with E-state index in [1.807, 2.05) is 29.1 Å². The van der Waals surface area contributed by atoms with Crippen molar-refractivity contribution in [2.45, 2.75) is 33.4 Å². The van der Waals surface area contributed by atoms with Gasteiger partial charge >= 0.3 is 0 Å². The van der Waals surface area contributed by atoms with Crippen LogP contribution in [-0.2, 0) is 19.5 Å². The highest BCUT2D eigenvalue weighted by molar-refractivity contribution is 5.33. The van der Waals surface area contributed by atoms with Crippen molar-refractivity contribution < 1.29 is 4.74 Å². The molecule has 0 radical (unpaired) electrons. The Morgan fingerprint density at radius 1 is 1.25 bits per heavy atom. The standard InChI is InChI=1S/C15H22N4O/c1-3-13-7-5-6-8-15(13)20-10-9-19-12-14(17-18-19)11-16-4-2/h5-8,12,16H,3-4,9-11H2,1-2H3. The molecule has 1 N–H and O–H groups in total. The number of hydrogen-bond acceptors (Lipinski definition) is 4. The van der Waals surface area contributed by atoms with Gasteiger partial charge in [-0.1, -0.05) is 37.3 Å². The van der Waals surface area contributed by atoms with Gasteiger partial charge in [0.2, 0.25) is 0 Å². The second-order valence-corrected chi connectivity index (χ2v) is 4.56. The maximum Gasteiger partial charge on any atom is 0.122 e. The predicted molar refractivity (Wildman–Crippen MR) is 78.7 cm³/mol. The number of nitrogens with zero attached hydrogens (tertiary/aromatic N) is 3. The van der Waals surface area contributed by atoms with Gasteiger partial charge < -0.3 is 10.1 Å². The summed E-state index contributed by atoms with van der Waals surface area (Å²) in [5, 5.41) is 11.4. The van der Waals surface area contributed by atoms with Gasteiger partial charge in [-0.2, -0.15) is 0 Å². The SMILES string of the molecule is CCNCc1cn(CCOc2ccccc2CC)nn1. The van der Waals surface area contributed by atoms with E-state index in [9.17, 15) is 0 Å². The van der Waals surface area contributed by atoms with Crippen LogP contribution in [0.2, 0.25) is 0 Å². The first-order valence-corrected chi connectivity index (χ1v) is 7.14. The fourth-order valence-corrected chi connectivity index (χ4v) is 1.97. The van der Waals surface area contributed by atoms with Crippen LogP contribution in [0.1, 0.15) is 25.1 Å². The summed E-state index contributed by atoms with van der Waals surface area (Å²) in [4.78, 5) is 0. The van der Waals surface area contributed by atoms with E-state index in [0.717, 1.165) is 31.0 Å². The van der Waals surface area contributed by atoms with Crippen molar-refractivity contribution in [2.75, 3.05) is 13.2 Å². The van der Waals surface area contributed by atoms with Gasteiger partial charge in [0, 0.05) is 12.7 Å². The van der Waals surface area contributed by atoms with E-state index >= 15 is 0 Å². The molecule has 0 unspecified atom stereocenters. The highest BCUT2D eigenvalue weighted by Crippen LogP contribution is 2.18. The third-order valence-electron chi connectivity index (χ3n) is 3.07. The van der Waals surface area contributed by atoms with E-state index in [1.165, 1.54) is 5.56 Å². The Kier molecular flexibility index (Phi) is 5.55. The molecule has 0 amide bonds. The summed E-state index contributed by atoms with van der Waals surface area (Å²) < 4.78 is 7.64. The summed E-state index contributed by atoms with van der Waals surface area (Å²) in [7, 11) is 0. The molecule has 0 fully saturated rings. The predicted octanol–water partition coefficient (Wildman–Crippen LogP) is 2.03. The first-order chi connectivity index (χ1) is 9.83. The molecule has 0 saturated carbocycles. The normalized spacial score (nSPS) is 10.7. The lowest BCUT2D eigenvalue weighted by molar-refractivity contribution is 0.287. The van der Waals surface area contributed by atoms with Crippen molar-refractivity contribution in [3.63, 3.8) is 0 Å². The smallest absolute Gasteiger partial charge is 0.122 e. The number of rotatable bonds is 8. The van der Waals surface area contributed by atoms with Crippen LogP contribution < -0.4 is 10.1 Å². The third kappa shape index (κ3) is 4.06. The van der Waals surface area contributed by atoms with E-state index in [4.69, 9.17) is 4.74 Å². The minimum absolute atomic E-state index is 0.598. The Balaban J connectivity index is 1.82. The van der Waals surface area contributed by atoms with Gasteiger partial charge in [0.25, 0.3) is 0 Å². The largest absolute Gasteiger partial charge is 0.491 e. The average Bonchev–Trinajstić information content (AvgIpc) is 2.93. The molecule has 0 aliphatic carbocycles. The molecule has 0 bridgehead atoms. The van der Waals surface area contributed by atoms with Crippen LogP contribution in [0.25, 0.3) is 0 Å². The lowest BCUT2D eigenvalue weighted by atomic mass is 10.1. The van der Waals surface area contributed by atoms with Gasteiger partial charge in [0.15, 0.2) is 0 Å². The molecule has 0 spiro atoms. The van der Waals surface area contributed by atoms with Gasteiger partial charge in [-0.3, -0.25) is 0 Å². The summed E-state index contributed by atoms with van der Waals surface area (Å²) in [5.74, 6) is 0.961. The van der Waals surface area contributed by atoms with Crippen molar-refractivity contribution >= 4 is 0 Å². The summed E-state index contributed by atoms with van der Waals surface area (Å²) in [6, 6.07) is 8.14. The topological polar surface area (TPSA) is 52.0 Å². The van der Waals surface area contributed by atoms with Crippen LogP contribution in [0.4, 0.5) is 0 Å². The fraction of sp³-hybridized carbons (Fsp3) is 0.467. The van der Waals surface area contributed by atoms with Crippen LogP contribution in [0.15, 0.2) is 30.5 Å². The number of para-hydroxylation sites is 1. The maximum absolute atomic E-state index is 5.82. The number of benzene rings is 1. The van der Waals surface area contributed by atoms with Gasteiger partial charge in [-0.25, -0.2) is 4.68 Å². The number of hydrogen-bond donors (Lipinski definition) is 1. The van der Waals surface area contributed by atoms with Crippen molar-refractivity contribution in [1.82, 2.24) is 20.3 Å². The fourth-order valence-electron chi connectivity index (χ4n) is 1.97. The van der Waals surface area contributed by atoms with E-state index in [1.54, 1.807) is 0 Å². The molecule has 1 heterocycles. The zero-order chi connectivity index (χ0) is 14.2. The molecule has 108 valence electrons. The highest BCUT2D eigenvalue weighted by Gasteiger charge is 2.02. The molecule has 0 atom stereocenters. The Morgan fingerprint density at radius 3 is 2.90 bits per heavy atom. The van der Waals surface area contributed by atoms with Crippen LogP contribution in [0.3, 0.4) is 0 Å². The number of aryl methyl sites for hydroxylation is 1. The van der Waals surface area contributed by atoms with Crippen molar-refractivity contribution in [3.05, 3.63) is 41.7 Å². The molecule has 20 heavy (non-hydrogen) atoms. The Hall–Kier alpha value is -1.88. The quantitative estimate of drug-likeness (QED) is 0.800. The minimum atomic E-state index is 0.598. The Bertz CT molecular complexity index is 524. The zero-order valence-electron chi connectivity index (χ0n) is 12.2. The van der Waals surface area contributed by atoms with Crippen LogP contribution >= 0.6 is 0 Å². The molecule has 2 aromatic rings. The third-order valence-corrected chi connectivity index (χ3v) is 3.07. The first kappa shape index (κ1) is 14.5. The lowest BCUT2D eigenvalue weighted by Gasteiger charge is -2.09. The number of ether oxygens (including phenoxy) is 1. The summed E-state index contributed by atoms with van der Waals surface area (Å²) in [6.07, 6.45) is 2.93. The highest BCUT2D eigenvalue weighted by atomic mass is 16.5. The average molecular weight is 274 g/mol. The number of aromatic nitrogens is 3.